The number of hydrogen-bond donors (Lipinski definition) is 6. The molecule has 0 heterocycles. The van der Waals surface area contributed by atoms with Crippen LogP contribution in [0.25, 0.3) is 11.1 Å². The van der Waals surface area contributed by atoms with Gasteiger partial charge in [-0.2, -0.15) is 0 Å². The first-order valence-corrected chi connectivity index (χ1v) is 10.5. The molecule has 172 valence electrons. The van der Waals surface area contributed by atoms with Gasteiger partial charge in [-0.25, -0.2) is 5.48 Å². The number of carbonyl (C=O) groups is 3. The maximum Gasteiger partial charge on any atom is 0.268 e. The number of hydroxylamine groups is 1. The Hall–Kier alpha value is -3.27. The number of carbonyl (C=O) groups excluding carboxylic acids is 3. The summed E-state index contributed by atoms with van der Waals surface area (Å²) in [5.41, 5.74) is 4.17. The van der Waals surface area contributed by atoms with Crippen molar-refractivity contribution in [1.29, 1.82) is 0 Å². The van der Waals surface area contributed by atoms with Gasteiger partial charge in [-0.3, -0.25) is 19.6 Å². The van der Waals surface area contributed by atoms with E-state index in [1.807, 2.05) is 12.1 Å². The number of amides is 3. The summed E-state index contributed by atoms with van der Waals surface area (Å²) in [4.78, 5) is 35.9. The molecule has 9 heteroatoms. The molecule has 0 aromatic heterocycles. The lowest BCUT2D eigenvalue weighted by molar-refractivity contribution is -0.133. The van der Waals surface area contributed by atoms with Crippen molar-refractivity contribution in [2.45, 2.75) is 38.8 Å². The third-order valence-electron chi connectivity index (χ3n) is 4.80. The van der Waals surface area contributed by atoms with E-state index in [9.17, 15) is 19.5 Å². The van der Waals surface area contributed by atoms with Crippen LogP contribution in [0.2, 0.25) is 0 Å². The Kier molecular flexibility index (Phi) is 9.80. The molecular formula is C23H30N4O5. The molecule has 0 fully saturated rings. The standard InChI is InChI=1S/C23H30N4O5/c1-3-4-13-24-14-20(29)25-19-11-9-17(10-12-19)16-5-7-18(8-6-16)22(30)26-21(15(2)28)23(31)27-32/h5-12,15,21,24,28,32H,3-4,13-14H2,1-2H3,(H,25,29)(H,26,30)(H,27,31)/t15-,21+/m1/s1. The highest BCUT2D eigenvalue weighted by Crippen LogP contribution is 2.22. The molecule has 0 saturated heterocycles. The average Bonchev–Trinajstić information content (AvgIpc) is 2.80. The molecule has 0 radical (unpaired) electrons. The first kappa shape index (κ1) is 25.0. The molecule has 32 heavy (non-hydrogen) atoms. The van der Waals surface area contributed by atoms with Crippen LogP contribution in [0.5, 0.6) is 0 Å². The monoisotopic (exact) mass is 442 g/mol. The van der Waals surface area contributed by atoms with Crippen LogP contribution in [-0.2, 0) is 9.59 Å². The van der Waals surface area contributed by atoms with E-state index in [1.54, 1.807) is 36.4 Å². The lowest BCUT2D eigenvalue weighted by Gasteiger charge is -2.19. The minimum absolute atomic E-state index is 0.102. The summed E-state index contributed by atoms with van der Waals surface area (Å²) in [7, 11) is 0. The molecule has 2 aromatic carbocycles. The van der Waals surface area contributed by atoms with Gasteiger partial charge in [0.2, 0.25) is 5.91 Å². The summed E-state index contributed by atoms with van der Waals surface area (Å²) >= 11 is 0. The maximum absolute atomic E-state index is 12.4. The second-order valence-corrected chi connectivity index (χ2v) is 7.40. The molecule has 3 amide bonds. The predicted octanol–water partition coefficient (Wildman–Crippen LogP) is 1.67. The van der Waals surface area contributed by atoms with Gasteiger partial charge in [0.1, 0.15) is 6.04 Å². The molecule has 9 nitrogen and oxygen atoms in total. The Morgan fingerprint density at radius 3 is 2.09 bits per heavy atom. The van der Waals surface area contributed by atoms with E-state index in [4.69, 9.17) is 5.21 Å². The first-order valence-electron chi connectivity index (χ1n) is 10.5. The van der Waals surface area contributed by atoms with E-state index < -0.39 is 24.0 Å². The minimum Gasteiger partial charge on any atom is -0.391 e. The Morgan fingerprint density at radius 2 is 1.56 bits per heavy atom. The average molecular weight is 443 g/mol. The third kappa shape index (κ3) is 7.45. The number of aliphatic hydroxyl groups is 1. The molecule has 0 aliphatic heterocycles. The van der Waals surface area contributed by atoms with E-state index in [0.717, 1.165) is 30.5 Å². The summed E-state index contributed by atoms with van der Waals surface area (Å²) in [5.74, 6) is -1.57. The highest BCUT2D eigenvalue weighted by molar-refractivity contribution is 5.98. The number of aliphatic hydroxyl groups excluding tert-OH is 1. The van der Waals surface area contributed by atoms with Crippen LogP contribution < -0.4 is 21.4 Å². The fourth-order valence-electron chi connectivity index (χ4n) is 2.97. The van der Waals surface area contributed by atoms with E-state index in [2.05, 4.69) is 22.9 Å². The molecule has 0 aliphatic carbocycles. The summed E-state index contributed by atoms with van der Waals surface area (Å²) < 4.78 is 0. The van der Waals surface area contributed by atoms with Gasteiger partial charge in [0, 0.05) is 11.3 Å². The Bertz CT molecular complexity index is 898. The Balaban J connectivity index is 1.96. The van der Waals surface area contributed by atoms with Gasteiger partial charge in [0.05, 0.1) is 12.6 Å². The van der Waals surface area contributed by atoms with Crippen molar-refractivity contribution in [2.24, 2.45) is 0 Å². The summed E-state index contributed by atoms with van der Waals surface area (Å²) in [6.07, 6.45) is 0.920. The first-order chi connectivity index (χ1) is 15.3. The largest absolute Gasteiger partial charge is 0.391 e. The van der Waals surface area contributed by atoms with Crippen molar-refractivity contribution >= 4 is 23.4 Å². The predicted molar refractivity (Wildman–Crippen MR) is 121 cm³/mol. The lowest BCUT2D eigenvalue weighted by atomic mass is 10.0. The number of anilines is 1. The van der Waals surface area contributed by atoms with Crippen LogP contribution in [0.1, 0.15) is 37.0 Å². The number of benzene rings is 2. The molecule has 2 atom stereocenters. The number of hydrogen-bond acceptors (Lipinski definition) is 6. The van der Waals surface area contributed by atoms with Crippen molar-refractivity contribution in [2.75, 3.05) is 18.4 Å². The van der Waals surface area contributed by atoms with Gasteiger partial charge in [0.25, 0.3) is 11.8 Å². The molecule has 0 unspecified atom stereocenters. The molecule has 0 spiro atoms. The van der Waals surface area contributed by atoms with Crippen LogP contribution in [-0.4, -0.2) is 53.3 Å². The molecule has 2 aromatic rings. The fourth-order valence-corrected chi connectivity index (χ4v) is 2.97. The Morgan fingerprint density at radius 1 is 0.969 bits per heavy atom. The Labute approximate surface area is 187 Å². The quantitative estimate of drug-likeness (QED) is 0.178. The van der Waals surface area contributed by atoms with Crippen molar-refractivity contribution in [3.8, 4) is 11.1 Å². The normalized spacial score (nSPS) is 12.5. The molecule has 2 rings (SSSR count). The zero-order chi connectivity index (χ0) is 23.5. The second-order valence-electron chi connectivity index (χ2n) is 7.40. The van der Waals surface area contributed by atoms with Crippen molar-refractivity contribution in [3.63, 3.8) is 0 Å². The van der Waals surface area contributed by atoms with Crippen LogP contribution in [0.15, 0.2) is 48.5 Å². The van der Waals surface area contributed by atoms with Crippen molar-refractivity contribution in [1.82, 2.24) is 16.1 Å². The molecule has 0 bridgehead atoms. The van der Waals surface area contributed by atoms with Crippen molar-refractivity contribution < 1.29 is 24.7 Å². The smallest absolute Gasteiger partial charge is 0.268 e. The van der Waals surface area contributed by atoms with Crippen LogP contribution in [0.3, 0.4) is 0 Å². The van der Waals surface area contributed by atoms with E-state index in [1.165, 1.54) is 12.4 Å². The van der Waals surface area contributed by atoms with Gasteiger partial charge >= 0.3 is 0 Å². The number of unbranched alkanes of at least 4 members (excludes halogenated alkanes) is 1. The van der Waals surface area contributed by atoms with Crippen LogP contribution in [0.4, 0.5) is 5.69 Å². The molecule has 0 saturated carbocycles. The fraction of sp³-hybridized carbons (Fsp3) is 0.348. The van der Waals surface area contributed by atoms with E-state index in [0.29, 0.717) is 11.3 Å². The van der Waals surface area contributed by atoms with Crippen LogP contribution in [0, 0.1) is 0 Å². The van der Waals surface area contributed by atoms with E-state index >= 15 is 0 Å². The highest BCUT2D eigenvalue weighted by Gasteiger charge is 2.25. The summed E-state index contributed by atoms with van der Waals surface area (Å²) in [5, 5.41) is 26.7. The number of nitrogens with one attached hydrogen (secondary N) is 4. The zero-order valence-electron chi connectivity index (χ0n) is 18.2. The van der Waals surface area contributed by atoms with Gasteiger partial charge < -0.3 is 21.1 Å². The van der Waals surface area contributed by atoms with Crippen LogP contribution >= 0.6 is 0 Å². The highest BCUT2D eigenvalue weighted by atomic mass is 16.5. The molecule has 6 N–H and O–H groups in total. The lowest BCUT2D eigenvalue weighted by Crippen LogP contribution is -2.51. The zero-order valence-corrected chi connectivity index (χ0v) is 18.2. The molecular weight excluding hydrogens is 412 g/mol. The van der Waals surface area contributed by atoms with E-state index in [-0.39, 0.29) is 12.5 Å². The van der Waals surface area contributed by atoms with Gasteiger partial charge in [-0.1, -0.05) is 37.6 Å². The van der Waals surface area contributed by atoms with Gasteiger partial charge in [0.15, 0.2) is 0 Å². The second kappa shape index (κ2) is 12.6. The SMILES string of the molecule is CCCCNCC(=O)Nc1ccc(-c2ccc(C(=O)N[C@H](C(=O)NO)[C@@H](C)O)cc2)cc1. The van der Waals surface area contributed by atoms with Crippen molar-refractivity contribution in [3.05, 3.63) is 54.1 Å². The summed E-state index contributed by atoms with van der Waals surface area (Å²) in [6.45, 7) is 4.50. The topological polar surface area (TPSA) is 140 Å². The number of rotatable bonds is 11. The molecule has 0 aliphatic rings. The third-order valence-corrected chi connectivity index (χ3v) is 4.80. The van der Waals surface area contributed by atoms with Gasteiger partial charge in [-0.05, 0) is 55.3 Å². The maximum atomic E-state index is 12.4. The minimum atomic E-state index is -1.28. The summed E-state index contributed by atoms with van der Waals surface area (Å²) in [6, 6.07) is 12.8. The van der Waals surface area contributed by atoms with Gasteiger partial charge in [-0.15, -0.1) is 0 Å².